The molecule has 14 nitrogen and oxygen atoms in total. The van der Waals surface area contributed by atoms with Crippen molar-refractivity contribution in [2.24, 2.45) is 5.73 Å². The van der Waals surface area contributed by atoms with E-state index < -0.39 is 47.0 Å². The number of carbonyl (C=O) groups excluding carboxylic acids is 2. The number of fused-ring (bicyclic) bond motifs is 1. The van der Waals surface area contributed by atoms with Crippen molar-refractivity contribution in [3.63, 3.8) is 0 Å². The maximum Gasteiger partial charge on any atom is 0.411 e. The van der Waals surface area contributed by atoms with Crippen molar-refractivity contribution in [3.05, 3.63) is 92.3 Å². The Kier molecular flexibility index (Phi) is 9.15. The number of nitrogens with two attached hydrogens (primary N) is 1. The molecule has 0 saturated carbocycles. The lowest BCUT2D eigenvalue weighted by atomic mass is 10.1. The van der Waals surface area contributed by atoms with E-state index in [1.54, 1.807) is 0 Å². The zero-order valence-electron chi connectivity index (χ0n) is 24.5. The van der Waals surface area contributed by atoms with Crippen LogP contribution in [0.2, 0.25) is 0 Å². The number of ether oxygens (including phenoxy) is 3. The number of carbonyl (C=O) groups is 2. The summed E-state index contributed by atoms with van der Waals surface area (Å²) >= 11 is 0.967. The standard InChI is InChI=1S/C29H25F2N7O7S/c1-36(23(39)14-43-2)12-17-24-26(40)38(20-8-10-22(44-3)35-34-20)29(42)37(13-16-18(30)5-4-6-19(16)31)27(24)46-25(17)15-7-9-21(33-11-15)45-28(32)41/h4-11H,12-14H2,1-3H3,(H2,32,41). The molecule has 1 aromatic carbocycles. The van der Waals surface area contributed by atoms with Gasteiger partial charge in [-0.05, 0) is 24.3 Å². The van der Waals surface area contributed by atoms with Crippen molar-refractivity contribution in [1.82, 2.24) is 29.2 Å². The summed E-state index contributed by atoms with van der Waals surface area (Å²) in [4.78, 5) is 58.1. The van der Waals surface area contributed by atoms with E-state index in [2.05, 4.69) is 15.2 Å². The SMILES string of the molecule is COCC(=O)N(C)Cc1c(-c2ccc(OC(N)=O)nc2)sc2c1c(=O)n(-c1ccc(OC)nn1)c(=O)n2Cc1c(F)cccc1F. The van der Waals surface area contributed by atoms with Crippen LogP contribution in [0, 0.1) is 11.6 Å². The van der Waals surface area contributed by atoms with Gasteiger partial charge in [0.1, 0.15) is 23.1 Å². The highest BCUT2D eigenvalue weighted by Gasteiger charge is 2.27. The van der Waals surface area contributed by atoms with Gasteiger partial charge in [-0.3, -0.25) is 14.2 Å². The van der Waals surface area contributed by atoms with Crippen LogP contribution in [-0.2, 0) is 22.6 Å². The average molecular weight is 654 g/mol. The monoisotopic (exact) mass is 653 g/mol. The van der Waals surface area contributed by atoms with Crippen LogP contribution in [-0.4, -0.2) is 69.1 Å². The summed E-state index contributed by atoms with van der Waals surface area (Å²) < 4.78 is 46.4. The number of aromatic nitrogens is 5. The summed E-state index contributed by atoms with van der Waals surface area (Å²) in [6.45, 7) is -0.996. The van der Waals surface area contributed by atoms with E-state index in [1.165, 1.54) is 62.7 Å². The fourth-order valence-electron chi connectivity index (χ4n) is 4.61. The molecule has 46 heavy (non-hydrogen) atoms. The van der Waals surface area contributed by atoms with Crippen molar-refractivity contribution in [2.75, 3.05) is 27.9 Å². The number of benzene rings is 1. The number of thiophene rings is 1. The summed E-state index contributed by atoms with van der Waals surface area (Å²) in [5.74, 6) is -2.40. The molecule has 0 aliphatic carbocycles. The zero-order valence-corrected chi connectivity index (χ0v) is 25.3. The van der Waals surface area contributed by atoms with E-state index in [0.29, 0.717) is 16.0 Å². The van der Waals surface area contributed by atoms with E-state index >= 15 is 0 Å². The Morgan fingerprint density at radius 3 is 2.30 bits per heavy atom. The Morgan fingerprint density at radius 1 is 1.00 bits per heavy atom. The number of halogens is 2. The van der Waals surface area contributed by atoms with Gasteiger partial charge in [0.25, 0.3) is 5.56 Å². The predicted molar refractivity (Wildman–Crippen MR) is 161 cm³/mol. The molecule has 4 aromatic heterocycles. The van der Waals surface area contributed by atoms with Crippen LogP contribution in [0.15, 0.2) is 58.3 Å². The number of amides is 2. The summed E-state index contributed by atoms with van der Waals surface area (Å²) in [5, 5.41) is 7.79. The van der Waals surface area contributed by atoms with Crippen LogP contribution in [0.5, 0.6) is 11.8 Å². The molecule has 2 amide bonds. The first kappa shape index (κ1) is 31.9. The van der Waals surface area contributed by atoms with Gasteiger partial charge in [-0.15, -0.1) is 21.5 Å². The summed E-state index contributed by atoms with van der Waals surface area (Å²) in [6.07, 6.45) is 0.267. The van der Waals surface area contributed by atoms with Gasteiger partial charge in [0, 0.05) is 60.6 Å². The van der Waals surface area contributed by atoms with Crippen LogP contribution in [0.25, 0.3) is 26.5 Å². The highest BCUT2D eigenvalue weighted by molar-refractivity contribution is 7.22. The summed E-state index contributed by atoms with van der Waals surface area (Å²) in [6, 6.07) is 8.90. The Morgan fingerprint density at radius 2 is 1.72 bits per heavy atom. The number of pyridine rings is 1. The second kappa shape index (κ2) is 13.2. The molecule has 4 heterocycles. The van der Waals surface area contributed by atoms with Gasteiger partial charge < -0.3 is 24.8 Å². The molecule has 17 heteroatoms. The van der Waals surface area contributed by atoms with E-state index in [0.717, 1.165) is 32.6 Å². The molecule has 0 fully saturated rings. The van der Waals surface area contributed by atoms with Crippen LogP contribution in [0.1, 0.15) is 11.1 Å². The molecule has 0 aliphatic rings. The maximum atomic E-state index is 14.9. The lowest BCUT2D eigenvalue weighted by Crippen LogP contribution is -2.40. The molecule has 0 atom stereocenters. The number of primary amides is 1. The van der Waals surface area contributed by atoms with E-state index in [1.807, 2.05) is 0 Å². The first-order valence-corrected chi connectivity index (χ1v) is 14.1. The molecule has 238 valence electrons. The fraction of sp³-hybridized carbons (Fsp3) is 0.207. The molecule has 0 radical (unpaired) electrons. The highest BCUT2D eigenvalue weighted by atomic mass is 32.1. The Labute approximate surface area is 262 Å². The third-order valence-electron chi connectivity index (χ3n) is 6.81. The first-order chi connectivity index (χ1) is 22.0. The highest BCUT2D eigenvalue weighted by Crippen LogP contribution is 2.38. The van der Waals surface area contributed by atoms with Crippen molar-refractivity contribution >= 4 is 33.6 Å². The van der Waals surface area contributed by atoms with Gasteiger partial charge in [-0.2, -0.15) is 0 Å². The summed E-state index contributed by atoms with van der Waals surface area (Å²) in [7, 11) is 4.21. The third kappa shape index (κ3) is 6.18. The lowest BCUT2D eigenvalue weighted by Gasteiger charge is -2.18. The molecule has 0 aliphatic heterocycles. The number of hydrogen-bond acceptors (Lipinski definition) is 11. The van der Waals surface area contributed by atoms with Crippen molar-refractivity contribution < 1.29 is 32.6 Å². The summed E-state index contributed by atoms with van der Waals surface area (Å²) in [5.41, 5.74) is 3.59. The molecule has 2 N–H and O–H groups in total. The lowest BCUT2D eigenvalue weighted by molar-refractivity contribution is -0.134. The van der Waals surface area contributed by atoms with Crippen molar-refractivity contribution in [3.8, 4) is 28.0 Å². The number of hydrogen-bond donors (Lipinski definition) is 1. The topological polar surface area (TPSA) is 174 Å². The number of nitrogens with zero attached hydrogens (tertiary/aromatic N) is 6. The van der Waals surface area contributed by atoms with Crippen LogP contribution in [0.4, 0.5) is 13.6 Å². The smallest absolute Gasteiger partial charge is 0.411 e. The quantitative estimate of drug-likeness (QED) is 0.236. The fourth-order valence-corrected chi connectivity index (χ4v) is 5.90. The maximum absolute atomic E-state index is 14.9. The molecule has 5 rings (SSSR count). The Bertz CT molecular complexity index is 2040. The van der Waals surface area contributed by atoms with Gasteiger partial charge in [0.15, 0.2) is 5.82 Å². The van der Waals surface area contributed by atoms with Crippen molar-refractivity contribution in [1.29, 1.82) is 0 Å². The van der Waals surface area contributed by atoms with Crippen LogP contribution >= 0.6 is 11.3 Å². The average Bonchev–Trinajstić information content (AvgIpc) is 3.40. The van der Waals surface area contributed by atoms with Crippen LogP contribution in [0.3, 0.4) is 0 Å². The second-order valence-corrected chi connectivity index (χ2v) is 10.7. The third-order valence-corrected chi connectivity index (χ3v) is 8.11. The molecule has 0 saturated heterocycles. The number of likely N-dealkylation sites (N-methyl/N-ethyl adjacent to an activating group) is 1. The second-order valence-electron chi connectivity index (χ2n) is 9.72. The predicted octanol–water partition coefficient (Wildman–Crippen LogP) is 2.46. The number of methoxy groups -OCH3 is 2. The van der Waals surface area contributed by atoms with Gasteiger partial charge >= 0.3 is 11.8 Å². The minimum atomic E-state index is -1.08. The molecular weight excluding hydrogens is 628 g/mol. The molecular formula is C29H25F2N7O7S. The minimum absolute atomic E-state index is 0.0245. The van der Waals surface area contributed by atoms with Crippen molar-refractivity contribution in [2.45, 2.75) is 13.1 Å². The van der Waals surface area contributed by atoms with E-state index in [-0.39, 0.29) is 40.9 Å². The largest absolute Gasteiger partial charge is 0.480 e. The Balaban J connectivity index is 1.85. The van der Waals surface area contributed by atoms with Gasteiger partial charge in [-0.1, -0.05) is 6.07 Å². The first-order valence-electron chi connectivity index (χ1n) is 13.3. The molecule has 0 spiro atoms. The normalized spacial score (nSPS) is 11.1. The molecule has 5 aromatic rings. The van der Waals surface area contributed by atoms with Gasteiger partial charge in [0.2, 0.25) is 17.7 Å². The van der Waals surface area contributed by atoms with E-state index in [9.17, 15) is 28.0 Å². The van der Waals surface area contributed by atoms with Gasteiger partial charge in [-0.25, -0.2) is 27.9 Å². The van der Waals surface area contributed by atoms with Crippen LogP contribution < -0.4 is 26.5 Å². The number of rotatable bonds is 10. The minimum Gasteiger partial charge on any atom is -0.480 e. The van der Waals surface area contributed by atoms with Gasteiger partial charge in [0.05, 0.1) is 19.0 Å². The zero-order chi connectivity index (χ0) is 33.1. The molecule has 0 bridgehead atoms. The molecule has 0 unspecified atom stereocenters. The Hall–Kier alpha value is -5.55. The van der Waals surface area contributed by atoms with E-state index in [4.69, 9.17) is 19.9 Å².